The summed E-state index contributed by atoms with van der Waals surface area (Å²) in [6.07, 6.45) is -9.85. The van der Waals surface area contributed by atoms with E-state index < -0.39 is 29.2 Å². The number of benzene rings is 1. The van der Waals surface area contributed by atoms with Crippen LogP contribution in [0.2, 0.25) is 0 Å². The molecule has 3 nitrogen and oxygen atoms in total. The van der Waals surface area contributed by atoms with E-state index in [0.29, 0.717) is 22.6 Å². The van der Waals surface area contributed by atoms with Gasteiger partial charge >= 0.3 is 12.4 Å². The van der Waals surface area contributed by atoms with Crippen LogP contribution in [-0.2, 0) is 18.2 Å². The number of nitrogens with zero attached hydrogens (tertiary/aromatic N) is 3. The second-order valence-electron chi connectivity index (χ2n) is 4.42. The molecular formula is C12H8ClF6N3. The van der Waals surface area contributed by atoms with E-state index in [1.807, 2.05) is 0 Å². The molecule has 1 aromatic carbocycles. The summed E-state index contributed by atoms with van der Waals surface area (Å²) in [5, 5.41) is 7.57. The fourth-order valence-corrected chi connectivity index (χ4v) is 1.95. The number of halogens is 7. The van der Waals surface area contributed by atoms with Gasteiger partial charge in [0, 0.05) is 0 Å². The van der Waals surface area contributed by atoms with Crippen LogP contribution < -0.4 is 0 Å². The Balaban J connectivity index is 2.64. The van der Waals surface area contributed by atoms with Crippen molar-refractivity contribution in [1.82, 2.24) is 15.0 Å². The molecule has 0 atom stereocenters. The van der Waals surface area contributed by atoms with Gasteiger partial charge in [0.1, 0.15) is 5.69 Å². The third kappa shape index (κ3) is 3.34. The predicted molar refractivity (Wildman–Crippen MR) is 65.7 cm³/mol. The number of hydrogen-bond acceptors (Lipinski definition) is 2. The van der Waals surface area contributed by atoms with E-state index in [1.165, 1.54) is 6.92 Å². The quantitative estimate of drug-likeness (QED) is 0.599. The van der Waals surface area contributed by atoms with Gasteiger partial charge < -0.3 is 0 Å². The monoisotopic (exact) mass is 343 g/mol. The maximum atomic E-state index is 12.8. The van der Waals surface area contributed by atoms with Crippen LogP contribution in [0.25, 0.3) is 5.69 Å². The summed E-state index contributed by atoms with van der Waals surface area (Å²) in [5.41, 5.74) is -2.71. The van der Waals surface area contributed by atoms with Crippen molar-refractivity contribution in [3.8, 4) is 5.69 Å². The van der Waals surface area contributed by atoms with Gasteiger partial charge in [-0.05, 0) is 25.1 Å². The van der Waals surface area contributed by atoms with Crippen LogP contribution in [0.15, 0.2) is 18.2 Å². The largest absolute Gasteiger partial charge is 0.416 e. The topological polar surface area (TPSA) is 30.7 Å². The molecule has 0 spiro atoms. The summed E-state index contributed by atoms with van der Waals surface area (Å²) in [5.74, 6) is -0.0586. The van der Waals surface area contributed by atoms with Gasteiger partial charge in [-0.2, -0.15) is 41.3 Å². The van der Waals surface area contributed by atoms with Crippen LogP contribution in [0.3, 0.4) is 0 Å². The lowest BCUT2D eigenvalue weighted by Gasteiger charge is -2.13. The van der Waals surface area contributed by atoms with E-state index in [9.17, 15) is 26.3 Å². The zero-order valence-electron chi connectivity index (χ0n) is 10.9. The summed E-state index contributed by atoms with van der Waals surface area (Å²) in [6, 6.07) is 1.14. The van der Waals surface area contributed by atoms with Crippen molar-refractivity contribution in [1.29, 1.82) is 0 Å². The molecule has 0 saturated heterocycles. The van der Waals surface area contributed by atoms with Crippen LogP contribution in [0, 0.1) is 6.92 Å². The van der Waals surface area contributed by atoms with Crippen molar-refractivity contribution >= 4 is 11.6 Å². The lowest BCUT2D eigenvalue weighted by atomic mass is 10.1. The zero-order chi connectivity index (χ0) is 16.7. The summed E-state index contributed by atoms with van der Waals surface area (Å²) < 4.78 is 76.6. The Morgan fingerprint density at radius 2 is 1.45 bits per heavy atom. The highest BCUT2D eigenvalue weighted by atomic mass is 35.5. The minimum absolute atomic E-state index is 0.0440. The van der Waals surface area contributed by atoms with Gasteiger partial charge in [-0.25, -0.2) is 0 Å². The molecule has 0 unspecified atom stereocenters. The van der Waals surface area contributed by atoms with Crippen molar-refractivity contribution < 1.29 is 26.3 Å². The second-order valence-corrected chi connectivity index (χ2v) is 4.69. The molecule has 0 amide bonds. The molecule has 0 aliphatic rings. The number of rotatable bonds is 2. The second kappa shape index (κ2) is 5.45. The highest BCUT2D eigenvalue weighted by Gasteiger charge is 2.37. The fraction of sp³-hybridized carbons (Fsp3) is 0.333. The molecule has 2 aromatic rings. The molecule has 120 valence electrons. The first-order valence-electron chi connectivity index (χ1n) is 5.81. The number of hydrogen-bond donors (Lipinski definition) is 0. The summed E-state index contributed by atoms with van der Waals surface area (Å²) >= 11 is 5.56. The molecule has 1 heterocycles. The third-order valence-corrected chi connectivity index (χ3v) is 3.06. The van der Waals surface area contributed by atoms with Crippen molar-refractivity contribution in [2.24, 2.45) is 0 Å². The van der Waals surface area contributed by atoms with Crippen LogP contribution in [0.1, 0.15) is 22.5 Å². The minimum Gasteiger partial charge on any atom is -0.166 e. The summed E-state index contributed by atoms with van der Waals surface area (Å²) in [4.78, 5) is 0.706. The molecule has 0 radical (unpaired) electrons. The first-order valence-corrected chi connectivity index (χ1v) is 6.34. The average molecular weight is 344 g/mol. The van der Waals surface area contributed by atoms with Crippen molar-refractivity contribution in [3.63, 3.8) is 0 Å². The molecular weight excluding hydrogens is 336 g/mol. The lowest BCUT2D eigenvalue weighted by molar-refractivity contribution is -0.143. The van der Waals surface area contributed by atoms with Gasteiger partial charge in [0.05, 0.1) is 28.4 Å². The van der Waals surface area contributed by atoms with E-state index in [-0.39, 0.29) is 17.6 Å². The maximum absolute atomic E-state index is 12.8. The Hall–Kier alpha value is -1.77. The first kappa shape index (κ1) is 16.6. The van der Waals surface area contributed by atoms with Gasteiger partial charge in [-0.3, -0.25) is 0 Å². The SMILES string of the molecule is Cc1nn(-c2cc(C(F)(F)F)cc(C(F)(F)F)c2)nc1CCl. The number of alkyl halides is 7. The molecule has 2 rings (SSSR count). The molecule has 1 aromatic heterocycles. The Morgan fingerprint density at radius 1 is 0.955 bits per heavy atom. The van der Waals surface area contributed by atoms with Crippen LogP contribution in [0.4, 0.5) is 26.3 Å². The molecule has 0 aliphatic heterocycles. The van der Waals surface area contributed by atoms with Gasteiger partial charge in [0.15, 0.2) is 0 Å². The molecule has 0 aliphatic carbocycles. The van der Waals surface area contributed by atoms with Crippen LogP contribution >= 0.6 is 11.6 Å². The first-order chi connectivity index (χ1) is 10.0. The average Bonchev–Trinajstić information content (AvgIpc) is 2.77. The predicted octanol–water partition coefficient (Wildman–Crippen LogP) is 4.35. The Labute approximate surface area is 125 Å². The van der Waals surface area contributed by atoms with Gasteiger partial charge in [-0.1, -0.05) is 0 Å². The molecule has 10 heteroatoms. The fourth-order valence-electron chi connectivity index (χ4n) is 1.70. The number of aromatic nitrogens is 3. The van der Waals surface area contributed by atoms with Gasteiger partial charge in [0.25, 0.3) is 0 Å². The summed E-state index contributed by atoms with van der Waals surface area (Å²) in [7, 11) is 0. The highest BCUT2D eigenvalue weighted by molar-refractivity contribution is 6.16. The van der Waals surface area contributed by atoms with E-state index in [2.05, 4.69) is 10.2 Å². The molecule has 22 heavy (non-hydrogen) atoms. The van der Waals surface area contributed by atoms with Crippen LogP contribution in [-0.4, -0.2) is 15.0 Å². The Kier molecular flexibility index (Phi) is 4.12. The normalized spacial score (nSPS) is 12.7. The number of aryl methyl sites for hydroxylation is 1. The Morgan fingerprint density at radius 3 is 1.82 bits per heavy atom. The molecule has 0 N–H and O–H groups in total. The highest BCUT2D eigenvalue weighted by Crippen LogP contribution is 2.36. The van der Waals surface area contributed by atoms with E-state index in [0.717, 1.165) is 0 Å². The molecule has 0 bridgehead atoms. The van der Waals surface area contributed by atoms with E-state index in [1.54, 1.807) is 0 Å². The van der Waals surface area contributed by atoms with Crippen LogP contribution in [0.5, 0.6) is 0 Å². The van der Waals surface area contributed by atoms with E-state index in [4.69, 9.17) is 11.6 Å². The van der Waals surface area contributed by atoms with Crippen molar-refractivity contribution in [2.45, 2.75) is 25.2 Å². The third-order valence-electron chi connectivity index (χ3n) is 2.81. The summed E-state index contributed by atoms with van der Waals surface area (Å²) in [6.45, 7) is 1.50. The van der Waals surface area contributed by atoms with Crippen molar-refractivity contribution in [2.75, 3.05) is 0 Å². The lowest BCUT2D eigenvalue weighted by Crippen LogP contribution is -2.13. The minimum atomic E-state index is -4.92. The van der Waals surface area contributed by atoms with E-state index >= 15 is 0 Å². The molecule has 0 fully saturated rings. The molecule has 0 saturated carbocycles. The Bertz CT molecular complexity index is 657. The van der Waals surface area contributed by atoms with Crippen molar-refractivity contribution in [3.05, 3.63) is 40.7 Å². The zero-order valence-corrected chi connectivity index (χ0v) is 11.7. The smallest absolute Gasteiger partial charge is 0.166 e. The van der Waals surface area contributed by atoms with Gasteiger partial charge in [0.2, 0.25) is 0 Å². The van der Waals surface area contributed by atoms with Gasteiger partial charge in [-0.15, -0.1) is 11.6 Å². The maximum Gasteiger partial charge on any atom is 0.416 e. The standard InChI is InChI=1S/C12H8ClF6N3/c1-6-10(5-13)21-22(20-6)9-3-7(11(14,15)16)2-8(4-9)12(17,18)19/h2-4H,5H2,1H3.